The molecule has 0 aliphatic carbocycles. The minimum atomic E-state index is -0.344. The van der Waals surface area contributed by atoms with Crippen LogP contribution < -0.4 is 5.73 Å². The van der Waals surface area contributed by atoms with Gasteiger partial charge in [-0.25, -0.2) is 9.37 Å². The van der Waals surface area contributed by atoms with Gasteiger partial charge in [-0.1, -0.05) is 13.0 Å². The molecule has 1 unspecified atom stereocenters. The van der Waals surface area contributed by atoms with E-state index >= 15 is 0 Å². The van der Waals surface area contributed by atoms with Crippen LogP contribution in [0, 0.1) is 5.82 Å². The zero-order valence-electron chi connectivity index (χ0n) is 10.1. The number of nitrogens with zero attached hydrogens (tertiary/aromatic N) is 2. The van der Waals surface area contributed by atoms with Crippen LogP contribution >= 0.6 is 15.9 Å². The van der Waals surface area contributed by atoms with Gasteiger partial charge in [0, 0.05) is 18.9 Å². The van der Waals surface area contributed by atoms with Crippen LogP contribution in [0.3, 0.4) is 0 Å². The van der Waals surface area contributed by atoms with Crippen molar-refractivity contribution in [2.45, 2.75) is 25.9 Å². The summed E-state index contributed by atoms with van der Waals surface area (Å²) in [6, 6.07) is 4.45. The Morgan fingerprint density at radius 2 is 2.28 bits per heavy atom. The predicted octanol–water partition coefficient (Wildman–Crippen LogP) is 3.24. The van der Waals surface area contributed by atoms with Crippen molar-refractivity contribution in [3.05, 3.63) is 52.3 Å². The Bertz CT molecular complexity index is 539. The number of hydrogen-bond acceptors (Lipinski definition) is 2. The maximum absolute atomic E-state index is 13.2. The molecule has 2 aromatic rings. The van der Waals surface area contributed by atoms with E-state index in [0.717, 1.165) is 24.4 Å². The van der Waals surface area contributed by atoms with E-state index in [4.69, 9.17) is 5.73 Å². The van der Waals surface area contributed by atoms with Crippen LogP contribution in [0.25, 0.3) is 0 Å². The van der Waals surface area contributed by atoms with Crippen molar-refractivity contribution in [1.29, 1.82) is 0 Å². The van der Waals surface area contributed by atoms with E-state index in [1.165, 1.54) is 6.07 Å². The third-order valence-electron chi connectivity index (χ3n) is 2.79. The highest BCUT2D eigenvalue weighted by Crippen LogP contribution is 2.23. The van der Waals surface area contributed by atoms with E-state index in [1.54, 1.807) is 18.3 Å². The molecule has 0 aliphatic heterocycles. The maximum Gasteiger partial charge on any atom is 0.137 e. The number of rotatable bonds is 4. The molecule has 0 bridgehead atoms. The average Bonchev–Trinajstić information content (AvgIpc) is 2.80. The summed E-state index contributed by atoms with van der Waals surface area (Å²) in [5, 5.41) is 0. The predicted molar refractivity (Wildman–Crippen MR) is 72.6 cm³/mol. The number of nitrogens with two attached hydrogens (primary N) is 1. The van der Waals surface area contributed by atoms with Gasteiger partial charge in [-0.15, -0.1) is 0 Å². The molecule has 1 aromatic heterocycles. The van der Waals surface area contributed by atoms with E-state index in [1.807, 2.05) is 10.8 Å². The summed E-state index contributed by atoms with van der Waals surface area (Å²) in [6.07, 6.45) is 4.67. The third-order valence-corrected chi connectivity index (χ3v) is 3.40. The second-order valence-electron chi connectivity index (χ2n) is 4.13. The number of benzene rings is 1. The summed E-state index contributed by atoms with van der Waals surface area (Å²) in [6.45, 7) is 2.98. The summed E-state index contributed by atoms with van der Waals surface area (Å²) in [5.74, 6) is 0.512. The molecular weight excluding hydrogens is 297 g/mol. The second-order valence-corrected chi connectivity index (χ2v) is 4.98. The molecule has 2 N–H and O–H groups in total. The minimum Gasteiger partial charge on any atom is -0.333 e. The molecule has 2 rings (SSSR count). The van der Waals surface area contributed by atoms with Crippen LogP contribution in [0.15, 0.2) is 35.1 Å². The monoisotopic (exact) mass is 311 g/mol. The van der Waals surface area contributed by atoms with E-state index < -0.39 is 0 Å². The molecule has 0 spiro atoms. The fourth-order valence-corrected chi connectivity index (χ4v) is 2.28. The summed E-state index contributed by atoms with van der Waals surface area (Å²) in [4.78, 5) is 4.29. The molecule has 0 saturated carbocycles. The molecule has 1 aromatic carbocycles. The molecule has 5 heteroatoms. The van der Waals surface area contributed by atoms with Crippen LogP contribution in [0.2, 0.25) is 0 Å². The number of halogens is 2. The van der Waals surface area contributed by atoms with E-state index in [0.29, 0.717) is 4.47 Å². The number of imidazole rings is 1. The summed E-state index contributed by atoms with van der Waals surface area (Å²) in [5.41, 5.74) is 7.02. The van der Waals surface area contributed by atoms with E-state index in [9.17, 15) is 4.39 Å². The SMILES string of the molecule is CCCn1ccnc1C(N)c1ccc(F)c(Br)c1. The maximum atomic E-state index is 13.2. The van der Waals surface area contributed by atoms with E-state index in [-0.39, 0.29) is 11.9 Å². The number of hydrogen-bond donors (Lipinski definition) is 1. The average molecular weight is 312 g/mol. The topological polar surface area (TPSA) is 43.8 Å². The molecule has 0 amide bonds. The van der Waals surface area contributed by atoms with Crippen LogP contribution in [-0.4, -0.2) is 9.55 Å². The first kappa shape index (κ1) is 13.2. The molecule has 18 heavy (non-hydrogen) atoms. The number of aromatic nitrogens is 2. The van der Waals surface area contributed by atoms with Crippen molar-refractivity contribution >= 4 is 15.9 Å². The van der Waals surface area contributed by atoms with Crippen molar-refractivity contribution in [2.75, 3.05) is 0 Å². The Kier molecular flexibility index (Phi) is 4.14. The molecule has 0 radical (unpaired) electrons. The van der Waals surface area contributed by atoms with Gasteiger partial charge in [-0.05, 0) is 40.0 Å². The van der Waals surface area contributed by atoms with Crippen molar-refractivity contribution in [2.24, 2.45) is 5.73 Å². The lowest BCUT2D eigenvalue weighted by Crippen LogP contribution is -2.18. The van der Waals surface area contributed by atoms with Gasteiger partial charge in [-0.2, -0.15) is 0 Å². The summed E-state index contributed by atoms with van der Waals surface area (Å²) < 4.78 is 15.6. The first-order chi connectivity index (χ1) is 8.63. The zero-order chi connectivity index (χ0) is 13.1. The molecule has 0 saturated heterocycles. The van der Waals surface area contributed by atoms with Crippen LogP contribution in [-0.2, 0) is 6.54 Å². The first-order valence-electron chi connectivity index (χ1n) is 5.85. The third kappa shape index (κ3) is 2.62. The molecular formula is C13H15BrFN3. The largest absolute Gasteiger partial charge is 0.333 e. The van der Waals surface area contributed by atoms with Gasteiger partial charge < -0.3 is 10.3 Å². The van der Waals surface area contributed by atoms with Crippen LogP contribution in [0.4, 0.5) is 4.39 Å². The Labute approximate surface area is 114 Å². The van der Waals surface area contributed by atoms with Gasteiger partial charge in [-0.3, -0.25) is 0 Å². The Hall–Kier alpha value is -1.20. The van der Waals surface area contributed by atoms with Gasteiger partial charge >= 0.3 is 0 Å². The summed E-state index contributed by atoms with van der Waals surface area (Å²) in [7, 11) is 0. The van der Waals surface area contributed by atoms with E-state index in [2.05, 4.69) is 27.8 Å². The van der Waals surface area contributed by atoms with Crippen molar-refractivity contribution in [3.63, 3.8) is 0 Å². The highest BCUT2D eigenvalue weighted by Gasteiger charge is 2.15. The Morgan fingerprint density at radius 1 is 1.50 bits per heavy atom. The fraction of sp³-hybridized carbons (Fsp3) is 0.308. The smallest absolute Gasteiger partial charge is 0.137 e. The normalized spacial score (nSPS) is 12.7. The first-order valence-corrected chi connectivity index (χ1v) is 6.64. The second kappa shape index (κ2) is 5.63. The highest BCUT2D eigenvalue weighted by atomic mass is 79.9. The van der Waals surface area contributed by atoms with Crippen molar-refractivity contribution < 1.29 is 4.39 Å². The highest BCUT2D eigenvalue weighted by molar-refractivity contribution is 9.10. The van der Waals surface area contributed by atoms with Crippen LogP contribution in [0.1, 0.15) is 30.8 Å². The zero-order valence-corrected chi connectivity index (χ0v) is 11.7. The Balaban J connectivity index is 2.32. The molecule has 0 fully saturated rings. The lowest BCUT2D eigenvalue weighted by Gasteiger charge is -2.14. The van der Waals surface area contributed by atoms with Gasteiger partial charge in [0.2, 0.25) is 0 Å². The lowest BCUT2D eigenvalue weighted by atomic mass is 10.1. The molecule has 96 valence electrons. The lowest BCUT2D eigenvalue weighted by molar-refractivity contribution is 0.606. The minimum absolute atomic E-state index is 0.289. The molecule has 1 atom stereocenters. The van der Waals surface area contributed by atoms with Gasteiger partial charge in [0.1, 0.15) is 11.6 Å². The standard InChI is InChI=1S/C13H15BrFN3/c1-2-6-18-7-5-17-13(18)12(16)9-3-4-11(15)10(14)8-9/h3-5,7-8,12H,2,6,16H2,1H3. The van der Waals surface area contributed by atoms with Crippen molar-refractivity contribution in [1.82, 2.24) is 9.55 Å². The fourth-order valence-electron chi connectivity index (χ4n) is 1.88. The quantitative estimate of drug-likeness (QED) is 0.942. The number of aryl methyl sites for hydroxylation is 1. The molecule has 1 heterocycles. The molecule has 0 aliphatic rings. The Morgan fingerprint density at radius 3 is 2.94 bits per heavy atom. The van der Waals surface area contributed by atoms with Crippen molar-refractivity contribution in [3.8, 4) is 0 Å². The van der Waals surface area contributed by atoms with Gasteiger partial charge in [0.05, 0.1) is 10.5 Å². The van der Waals surface area contributed by atoms with Gasteiger partial charge in [0.15, 0.2) is 0 Å². The molecule has 3 nitrogen and oxygen atoms in total. The van der Waals surface area contributed by atoms with Gasteiger partial charge in [0.25, 0.3) is 0 Å². The summed E-state index contributed by atoms with van der Waals surface area (Å²) >= 11 is 3.17. The van der Waals surface area contributed by atoms with Crippen LogP contribution in [0.5, 0.6) is 0 Å².